The maximum absolute atomic E-state index is 12.7. The largest absolute Gasteiger partial charge is 0.417 e. The van der Waals surface area contributed by atoms with Crippen molar-refractivity contribution in [3.05, 3.63) is 45.8 Å². The van der Waals surface area contributed by atoms with Crippen molar-refractivity contribution in [3.8, 4) is 11.8 Å². The number of aromatic nitrogens is 1. The second-order valence-electron chi connectivity index (χ2n) is 7.64. The number of nitrogens with one attached hydrogen (secondary N) is 1. The van der Waals surface area contributed by atoms with E-state index in [9.17, 15) is 18.3 Å². The molecule has 1 fully saturated rings. The first kappa shape index (κ1) is 21.6. The smallest absolute Gasteiger partial charge is 0.378 e. The van der Waals surface area contributed by atoms with E-state index in [4.69, 9.17) is 0 Å². The van der Waals surface area contributed by atoms with Gasteiger partial charge in [0.05, 0.1) is 10.4 Å². The Labute approximate surface area is 172 Å². The van der Waals surface area contributed by atoms with Gasteiger partial charge in [0.1, 0.15) is 11.4 Å². The number of hydrogen-bond donors (Lipinski definition) is 2. The van der Waals surface area contributed by atoms with Gasteiger partial charge in [0.2, 0.25) is 0 Å². The van der Waals surface area contributed by atoms with Gasteiger partial charge >= 0.3 is 6.18 Å². The molecular formula is C21H24F3N3OS. The highest BCUT2D eigenvalue weighted by Crippen LogP contribution is 2.29. The molecule has 0 spiro atoms. The number of pyridine rings is 1. The fourth-order valence-corrected chi connectivity index (χ4v) is 3.90. The Bertz CT molecular complexity index is 876. The lowest BCUT2D eigenvalue weighted by molar-refractivity contribution is -0.137. The first-order valence-electron chi connectivity index (χ1n) is 9.46. The van der Waals surface area contributed by atoms with Gasteiger partial charge in [-0.25, -0.2) is 4.98 Å². The molecule has 1 atom stereocenters. The molecule has 0 aliphatic carbocycles. The molecule has 1 aliphatic rings. The third kappa shape index (κ3) is 6.46. The highest BCUT2D eigenvalue weighted by atomic mass is 32.1. The van der Waals surface area contributed by atoms with Gasteiger partial charge in [-0.3, -0.25) is 0 Å². The van der Waals surface area contributed by atoms with Gasteiger partial charge in [0.25, 0.3) is 0 Å². The Morgan fingerprint density at radius 1 is 1.28 bits per heavy atom. The molecule has 0 amide bonds. The van der Waals surface area contributed by atoms with E-state index in [1.807, 2.05) is 17.0 Å². The summed E-state index contributed by atoms with van der Waals surface area (Å²) in [5.41, 5.74) is -1.74. The lowest BCUT2D eigenvalue weighted by Crippen LogP contribution is -2.45. The minimum atomic E-state index is -4.37. The predicted molar refractivity (Wildman–Crippen MR) is 109 cm³/mol. The van der Waals surface area contributed by atoms with Crippen LogP contribution in [0, 0.1) is 11.8 Å². The van der Waals surface area contributed by atoms with Crippen LogP contribution in [0.25, 0.3) is 0 Å². The number of aliphatic hydroxyl groups is 1. The van der Waals surface area contributed by atoms with Gasteiger partial charge in [-0.1, -0.05) is 11.8 Å². The highest BCUT2D eigenvalue weighted by Gasteiger charge is 2.31. The van der Waals surface area contributed by atoms with E-state index < -0.39 is 17.3 Å². The molecule has 2 aromatic heterocycles. The van der Waals surface area contributed by atoms with Gasteiger partial charge in [0, 0.05) is 36.8 Å². The summed E-state index contributed by atoms with van der Waals surface area (Å²) in [7, 11) is 0. The molecule has 1 unspecified atom stereocenters. The van der Waals surface area contributed by atoms with Crippen molar-refractivity contribution >= 4 is 17.2 Å². The Morgan fingerprint density at radius 2 is 2.07 bits per heavy atom. The fourth-order valence-electron chi connectivity index (χ4n) is 3.09. The monoisotopic (exact) mass is 423 g/mol. The first-order chi connectivity index (χ1) is 13.6. The summed E-state index contributed by atoms with van der Waals surface area (Å²) in [4.78, 5) is 8.09. The van der Waals surface area contributed by atoms with Crippen molar-refractivity contribution in [2.24, 2.45) is 0 Å². The van der Waals surface area contributed by atoms with Gasteiger partial charge in [-0.05, 0) is 51.0 Å². The molecule has 0 bridgehead atoms. The first-order valence-corrected chi connectivity index (χ1v) is 10.3. The minimum absolute atomic E-state index is 0.237. The molecule has 29 heavy (non-hydrogen) atoms. The molecule has 3 rings (SSSR count). The van der Waals surface area contributed by atoms with Crippen LogP contribution in [0.2, 0.25) is 0 Å². The van der Waals surface area contributed by atoms with Gasteiger partial charge in [-0.2, -0.15) is 13.2 Å². The number of halogens is 3. The number of thiophene rings is 1. The predicted octanol–water partition coefficient (Wildman–Crippen LogP) is 4.04. The van der Waals surface area contributed by atoms with Crippen LogP contribution >= 0.6 is 11.3 Å². The number of rotatable bonds is 4. The van der Waals surface area contributed by atoms with Crippen LogP contribution in [0.3, 0.4) is 0 Å². The van der Waals surface area contributed by atoms with Crippen molar-refractivity contribution in [2.75, 3.05) is 18.0 Å². The Hall–Kier alpha value is -2.08. The Morgan fingerprint density at radius 3 is 2.72 bits per heavy atom. The average Bonchev–Trinajstić information content (AvgIpc) is 3.12. The molecule has 3 heterocycles. The Balaban J connectivity index is 1.55. The van der Waals surface area contributed by atoms with Gasteiger partial charge in [0.15, 0.2) is 0 Å². The molecular weight excluding hydrogens is 399 g/mol. The van der Waals surface area contributed by atoms with E-state index in [0.29, 0.717) is 18.9 Å². The van der Waals surface area contributed by atoms with Gasteiger partial charge < -0.3 is 15.3 Å². The minimum Gasteiger partial charge on any atom is -0.378 e. The second-order valence-corrected chi connectivity index (χ2v) is 8.81. The summed E-state index contributed by atoms with van der Waals surface area (Å²) < 4.78 is 38.1. The number of piperidine rings is 1. The van der Waals surface area contributed by atoms with Crippen LogP contribution in [0.5, 0.6) is 0 Å². The van der Waals surface area contributed by atoms with Crippen molar-refractivity contribution in [3.63, 3.8) is 0 Å². The lowest BCUT2D eigenvalue weighted by Gasteiger charge is -2.34. The molecule has 1 aliphatic heterocycles. The maximum Gasteiger partial charge on any atom is 0.417 e. The SMILES string of the molecule is CC(C)(O)C#Cc1ccc(CNC2CCCN(c3ccc(C(F)(F)F)cn3)C2)s1. The second kappa shape index (κ2) is 8.74. The summed E-state index contributed by atoms with van der Waals surface area (Å²) in [6.45, 7) is 5.49. The molecule has 0 saturated carbocycles. The summed E-state index contributed by atoms with van der Waals surface area (Å²) >= 11 is 1.58. The topological polar surface area (TPSA) is 48.4 Å². The average molecular weight is 424 g/mol. The van der Waals surface area contributed by atoms with Gasteiger partial charge in [-0.15, -0.1) is 11.3 Å². The standard InChI is InChI=1S/C21H24F3N3OS/c1-20(2,28)10-9-17-6-7-18(29-17)13-25-16-4-3-11-27(14-16)19-8-5-15(12-26-19)21(22,23)24/h5-8,12,16,25,28H,3-4,11,13-14H2,1-2H3. The zero-order chi connectivity index (χ0) is 21.1. The van der Waals surface area contributed by atoms with E-state index in [2.05, 4.69) is 22.1 Å². The number of alkyl halides is 3. The normalized spacial score (nSPS) is 17.7. The third-order valence-corrected chi connectivity index (χ3v) is 5.54. The molecule has 2 N–H and O–H groups in total. The van der Waals surface area contributed by atoms with E-state index in [1.165, 1.54) is 6.07 Å². The van der Waals surface area contributed by atoms with Crippen LogP contribution in [0.1, 0.15) is 42.0 Å². The molecule has 8 heteroatoms. The molecule has 1 saturated heterocycles. The zero-order valence-corrected chi connectivity index (χ0v) is 17.2. The molecule has 0 radical (unpaired) electrons. The van der Waals surface area contributed by atoms with Crippen molar-refractivity contribution in [2.45, 2.75) is 51.1 Å². The highest BCUT2D eigenvalue weighted by molar-refractivity contribution is 7.12. The lowest BCUT2D eigenvalue weighted by atomic mass is 10.1. The van der Waals surface area contributed by atoms with E-state index in [-0.39, 0.29) is 6.04 Å². The van der Waals surface area contributed by atoms with Crippen molar-refractivity contribution < 1.29 is 18.3 Å². The van der Waals surface area contributed by atoms with Crippen LogP contribution in [-0.2, 0) is 12.7 Å². The Kier molecular flexibility index (Phi) is 6.52. The van der Waals surface area contributed by atoms with Crippen LogP contribution in [0.15, 0.2) is 30.5 Å². The van der Waals surface area contributed by atoms with E-state index in [0.717, 1.165) is 41.4 Å². The summed E-state index contributed by atoms with van der Waals surface area (Å²) in [5.74, 6) is 6.36. The summed E-state index contributed by atoms with van der Waals surface area (Å²) in [5, 5.41) is 13.2. The number of hydrogen-bond acceptors (Lipinski definition) is 5. The van der Waals surface area contributed by atoms with Crippen molar-refractivity contribution in [1.29, 1.82) is 0 Å². The third-order valence-electron chi connectivity index (χ3n) is 4.54. The van der Waals surface area contributed by atoms with Crippen LogP contribution in [0.4, 0.5) is 19.0 Å². The van der Waals surface area contributed by atoms with Crippen LogP contribution < -0.4 is 10.2 Å². The summed E-state index contributed by atoms with van der Waals surface area (Å²) in [6.07, 6.45) is -1.51. The zero-order valence-electron chi connectivity index (χ0n) is 16.4. The van der Waals surface area contributed by atoms with E-state index >= 15 is 0 Å². The number of anilines is 1. The maximum atomic E-state index is 12.7. The van der Waals surface area contributed by atoms with Crippen molar-refractivity contribution in [1.82, 2.24) is 10.3 Å². The molecule has 4 nitrogen and oxygen atoms in total. The molecule has 2 aromatic rings. The van der Waals surface area contributed by atoms with E-state index in [1.54, 1.807) is 25.2 Å². The quantitative estimate of drug-likeness (QED) is 0.729. The molecule has 0 aromatic carbocycles. The van der Waals surface area contributed by atoms with Crippen LogP contribution in [-0.4, -0.2) is 34.8 Å². The summed E-state index contributed by atoms with van der Waals surface area (Å²) in [6, 6.07) is 6.73. The molecule has 156 valence electrons. The number of nitrogens with zero attached hydrogens (tertiary/aromatic N) is 2. The fraction of sp³-hybridized carbons (Fsp3) is 0.476.